The van der Waals surface area contributed by atoms with Gasteiger partial charge >= 0.3 is 0 Å². The van der Waals surface area contributed by atoms with E-state index in [4.69, 9.17) is 4.74 Å². The summed E-state index contributed by atoms with van der Waals surface area (Å²) in [6.07, 6.45) is 0. The van der Waals surface area contributed by atoms with Crippen molar-refractivity contribution in [1.29, 1.82) is 0 Å². The van der Waals surface area contributed by atoms with Crippen LogP contribution in [-0.2, 0) is 0 Å². The van der Waals surface area contributed by atoms with Gasteiger partial charge in [0, 0.05) is 8.96 Å². The molecule has 0 spiro atoms. The Hall–Kier alpha value is -0.770. The summed E-state index contributed by atoms with van der Waals surface area (Å²) in [5, 5.41) is 2.43. The number of halogens is 1. The van der Waals surface area contributed by atoms with Crippen molar-refractivity contribution in [1.82, 2.24) is 0 Å². The summed E-state index contributed by atoms with van der Waals surface area (Å²) >= 11 is 2.34. The van der Waals surface area contributed by atoms with Gasteiger partial charge in [0.1, 0.15) is 5.75 Å². The largest absolute Gasteiger partial charge is 0.496 e. The van der Waals surface area contributed by atoms with Crippen molar-refractivity contribution < 1.29 is 4.74 Å². The molecular weight excluding hydrogens is 275 g/mol. The topological polar surface area (TPSA) is 9.23 Å². The Morgan fingerprint density at radius 1 is 1.00 bits per heavy atom. The first-order valence-corrected chi connectivity index (χ1v) is 5.12. The summed E-state index contributed by atoms with van der Waals surface area (Å²) in [5.41, 5.74) is 0. The molecule has 2 heteroatoms. The summed E-state index contributed by atoms with van der Waals surface area (Å²) in [6.45, 7) is 0. The van der Waals surface area contributed by atoms with Gasteiger partial charge in [-0.2, -0.15) is 0 Å². The van der Waals surface area contributed by atoms with Crippen molar-refractivity contribution in [2.45, 2.75) is 0 Å². The molecule has 0 aliphatic heterocycles. The van der Waals surface area contributed by atoms with Gasteiger partial charge in [0.05, 0.1) is 7.11 Å². The molecule has 0 saturated carbocycles. The van der Waals surface area contributed by atoms with Crippen molar-refractivity contribution in [3.8, 4) is 5.75 Å². The van der Waals surface area contributed by atoms with E-state index in [-0.39, 0.29) is 0 Å². The molecule has 0 aliphatic carbocycles. The van der Waals surface area contributed by atoms with Crippen molar-refractivity contribution in [2.24, 2.45) is 0 Å². The minimum absolute atomic E-state index is 0.941. The van der Waals surface area contributed by atoms with Gasteiger partial charge in [-0.3, -0.25) is 0 Å². The van der Waals surface area contributed by atoms with Gasteiger partial charge in [0.15, 0.2) is 0 Å². The first kappa shape index (κ1) is 8.81. The molecule has 0 amide bonds. The predicted molar refractivity (Wildman–Crippen MR) is 63.2 cm³/mol. The standard InChI is InChI=1S/C11H9IO/c1-13-11-7-6-10(12)8-4-2-3-5-9(8)11/h2-7H,1H3. The molecule has 13 heavy (non-hydrogen) atoms. The fraction of sp³-hybridized carbons (Fsp3) is 0.0909. The average Bonchev–Trinajstić information content (AvgIpc) is 2.19. The molecule has 0 fully saturated rings. The zero-order valence-electron chi connectivity index (χ0n) is 7.25. The van der Waals surface area contributed by atoms with Crippen LogP contribution < -0.4 is 4.74 Å². The molecule has 0 N–H and O–H groups in total. The van der Waals surface area contributed by atoms with Crippen LogP contribution in [0.15, 0.2) is 36.4 Å². The zero-order valence-corrected chi connectivity index (χ0v) is 9.41. The maximum Gasteiger partial charge on any atom is 0.126 e. The quantitative estimate of drug-likeness (QED) is 0.729. The third-order valence-corrected chi connectivity index (χ3v) is 2.99. The molecule has 0 aromatic heterocycles. The first-order valence-electron chi connectivity index (χ1n) is 4.04. The van der Waals surface area contributed by atoms with Crippen LogP contribution in [0.25, 0.3) is 10.8 Å². The van der Waals surface area contributed by atoms with E-state index in [0.717, 1.165) is 5.75 Å². The van der Waals surface area contributed by atoms with Crippen LogP contribution in [0.4, 0.5) is 0 Å². The lowest BCUT2D eigenvalue weighted by atomic mass is 10.1. The van der Waals surface area contributed by atoms with Crippen molar-refractivity contribution >= 4 is 33.4 Å². The zero-order chi connectivity index (χ0) is 9.26. The Labute approximate surface area is 90.9 Å². The van der Waals surface area contributed by atoms with E-state index in [0.29, 0.717) is 0 Å². The van der Waals surface area contributed by atoms with E-state index < -0.39 is 0 Å². The predicted octanol–water partition coefficient (Wildman–Crippen LogP) is 3.45. The minimum Gasteiger partial charge on any atom is -0.496 e. The SMILES string of the molecule is COc1ccc(I)c2ccccc12. The number of rotatable bonds is 1. The number of methoxy groups -OCH3 is 1. The number of fused-ring (bicyclic) bond motifs is 1. The molecule has 2 aromatic rings. The molecule has 0 aliphatic rings. The maximum atomic E-state index is 5.28. The van der Waals surface area contributed by atoms with Gasteiger partial charge in [-0.25, -0.2) is 0 Å². The molecule has 1 nitrogen and oxygen atoms in total. The van der Waals surface area contributed by atoms with Gasteiger partial charge in [-0.1, -0.05) is 24.3 Å². The third kappa shape index (κ3) is 1.50. The van der Waals surface area contributed by atoms with Crippen LogP contribution >= 0.6 is 22.6 Å². The number of benzene rings is 2. The second-order valence-corrected chi connectivity index (χ2v) is 3.96. The summed E-state index contributed by atoms with van der Waals surface area (Å²) in [4.78, 5) is 0. The van der Waals surface area contributed by atoms with Crippen molar-refractivity contribution in [2.75, 3.05) is 7.11 Å². The molecule has 0 bridgehead atoms. The monoisotopic (exact) mass is 284 g/mol. The molecule has 0 atom stereocenters. The van der Waals surface area contributed by atoms with E-state index >= 15 is 0 Å². The number of hydrogen-bond donors (Lipinski definition) is 0. The Bertz CT molecular complexity index is 437. The minimum atomic E-state index is 0.941. The van der Waals surface area contributed by atoms with Crippen LogP contribution in [0, 0.1) is 3.57 Å². The fourth-order valence-corrected chi connectivity index (χ4v) is 2.06. The summed E-state index contributed by atoms with van der Waals surface area (Å²) in [7, 11) is 1.70. The third-order valence-electron chi connectivity index (χ3n) is 2.05. The smallest absolute Gasteiger partial charge is 0.126 e. The Morgan fingerprint density at radius 3 is 2.38 bits per heavy atom. The Morgan fingerprint density at radius 2 is 1.69 bits per heavy atom. The van der Waals surface area contributed by atoms with Crippen LogP contribution in [0.5, 0.6) is 5.75 Å². The van der Waals surface area contributed by atoms with E-state index in [1.54, 1.807) is 7.11 Å². The number of ether oxygens (including phenoxy) is 1. The van der Waals surface area contributed by atoms with Gasteiger partial charge in [0.25, 0.3) is 0 Å². The second kappa shape index (κ2) is 3.54. The van der Waals surface area contributed by atoms with Gasteiger partial charge in [-0.15, -0.1) is 0 Å². The second-order valence-electron chi connectivity index (χ2n) is 2.80. The highest BCUT2D eigenvalue weighted by atomic mass is 127. The van der Waals surface area contributed by atoms with Gasteiger partial charge in [-0.05, 0) is 40.1 Å². The molecule has 2 aromatic carbocycles. The molecule has 66 valence electrons. The Kier molecular flexibility index (Phi) is 2.40. The molecule has 0 unspecified atom stereocenters. The molecule has 2 rings (SSSR count). The normalized spacial score (nSPS) is 10.3. The maximum absolute atomic E-state index is 5.28. The fourth-order valence-electron chi connectivity index (χ4n) is 1.41. The highest BCUT2D eigenvalue weighted by molar-refractivity contribution is 14.1. The lowest BCUT2D eigenvalue weighted by molar-refractivity contribution is 0.420. The van der Waals surface area contributed by atoms with E-state index in [2.05, 4.69) is 40.8 Å². The van der Waals surface area contributed by atoms with Gasteiger partial charge < -0.3 is 4.74 Å². The summed E-state index contributed by atoms with van der Waals surface area (Å²) in [6, 6.07) is 12.3. The Balaban J connectivity index is 2.84. The lowest BCUT2D eigenvalue weighted by Crippen LogP contribution is -1.85. The van der Waals surface area contributed by atoms with E-state index in [1.807, 2.05) is 18.2 Å². The van der Waals surface area contributed by atoms with Crippen molar-refractivity contribution in [3.05, 3.63) is 40.0 Å². The molecule has 0 radical (unpaired) electrons. The van der Waals surface area contributed by atoms with E-state index in [9.17, 15) is 0 Å². The lowest BCUT2D eigenvalue weighted by Gasteiger charge is -2.05. The van der Waals surface area contributed by atoms with Crippen LogP contribution in [0.3, 0.4) is 0 Å². The molecule has 0 heterocycles. The van der Waals surface area contributed by atoms with Crippen LogP contribution in [0.2, 0.25) is 0 Å². The highest BCUT2D eigenvalue weighted by Gasteiger charge is 2.02. The highest BCUT2D eigenvalue weighted by Crippen LogP contribution is 2.28. The van der Waals surface area contributed by atoms with Crippen LogP contribution in [0.1, 0.15) is 0 Å². The first-order chi connectivity index (χ1) is 6.33. The van der Waals surface area contributed by atoms with Crippen molar-refractivity contribution in [3.63, 3.8) is 0 Å². The van der Waals surface area contributed by atoms with Gasteiger partial charge in [0.2, 0.25) is 0 Å². The molecular formula is C11H9IO. The summed E-state index contributed by atoms with van der Waals surface area (Å²) in [5.74, 6) is 0.941. The summed E-state index contributed by atoms with van der Waals surface area (Å²) < 4.78 is 6.54. The van der Waals surface area contributed by atoms with E-state index in [1.165, 1.54) is 14.3 Å². The average molecular weight is 284 g/mol. The molecule has 0 saturated heterocycles. The van der Waals surface area contributed by atoms with Crippen LogP contribution in [-0.4, -0.2) is 7.11 Å². The number of hydrogen-bond acceptors (Lipinski definition) is 1.